The lowest BCUT2D eigenvalue weighted by Gasteiger charge is -2.30. The third kappa shape index (κ3) is 3.20. The monoisotopic (exact) mass is 356 g/mol. The second kappa shape index (κ2) is 7.15. The zero-order chi connectivity index (χ0) is 18.3. The number of Topliss-reactive ketones (excluding diaryl/α,β-unsaturated/α-hetero) is 1. The first-order valence-electron chi connectivity index (χ1n) is 9.84. The largest absolute Gasteiger partial charge is 0.462 e. The molecule has 140 valence electrons. The zero-order valence-electron chi connectivity index (χ0n) is 15.6. The van der Waals surface area contributed by atoms with E-state index in [0.29, 0.717) is 23.7 Å². The van der Waals surface area contributed by atoms with Crippen molar-refractivity contribution < 1.29 is 19.1 Å². The quantitative estimate of drug-likeness (QED) is 0.571. The maximum absolute atomic E-state index is 12.3. The van der Waals surface area contributed by atoms with Crippen molar-refractivity contribution in [1.82, 2.24) is 0 Å². The molecular weight excluding hydrogens is 328 g/mol. The Hall–Kier alpha value is -1.68. The average molecular weight is 356 g/mol. The van der Waals surface area contributed by atoms with Crippen LogP contribution in [0.2, 0.25) is 0 Å². The fraction of sp³-hybridized carbons (Fsp3) is 0.636. The molecule has 0 saturated heterocycles. The van der Waals surface area contributed by atoms with E-state index in [1.807, 2.05) is 7.11 Å². The Bertz CT molecular complexity index is 680. The van der Waals surface area contributed by atoms with Gasteiger partial charge < -0.3 is 9.47 Å². The molecule has 0 N–H and O–H groups in total. The van der Waals surface area contributed by atoms with Crippen molar-refractivity contribution in [3.05, 3.63) is 35.4 Å². The van der Waals surface area contributed by atoms with E-state index in [2.05, 4.69) is 0 Å². The fourth-order valence-electron chi connectivity index (χ4n) is 5.99. The lowest BCUT2D eigenvalue weighted by molar-refractivity contribution is 0.0433. The SMILES string of the molecule is COCC1CC2CC1C1CC(COC(=O)c3ccc(C(C)=O)cc3)CC21. The number of carbonyl (C=O) groups is 2. The summed E-state index contributed by atoms with van der Waals surface area (Å²) >= 11 is 0. The number of carbonyl (C=O) groups excluding carboxylic acids is 2. The number of ether oxygens (including phenoxy) is 2. The number of benzene rings is 1. The van der Waals surface area contributed by atoms with Crippen LogP contribution in [0.15, 0.2) is 24.3 Å². The van der Waals surface area contributed by atoms with Crippen LogP contribution in [0.4, 0.5) is 0 Å². The van der Waals surface area contributed by atoms with Crippen molar-refractivity contribution in [2.24, 2.45) is 35.5 Å². The molecule has 26 heavy (non-hydrogen) atoms. The van der Waals surface area contributed by atoms with Gasteiger partial charge in [0, 0.05) is 19.3 Å². The molecule has 6 atom stereocenters. The molecule has 3 saturated carbocycles. The minimum atomic E-state index is -0.280. The number of hydrogen-bond donors (Lipinski definition) is 0. The van der Waals surface area contributed by atoms with Gasteiger partial charge in [0.15, 0.2) is 5.78 Å². The summed E-state index contributed by atoms with van der Waals surface area (Å²) in [6.45, 7) is 2.95. The van der Waals surface area contributed by atoms with Crippen LogP contribution in [-0.4, -0.2) is 32.1 Å². The number of rotatable bonds is 6. The summed E-state index contributed by atoms with van der Waals surface area (Å²) < 4.78 is 11.0. The molecule has 3 fully saturated rings. The van der Waals surface area contributed by atoms with Crippen molar-refractivity contribution in [3.63, 3.8) is 0 Å². The molecule has 0 radical (unpaired) electrons. The van der Waals surface area contributed by atoms with Gasteiger partial charge in [-0.1, -0.05) is 12.1 Å². The van der Waals surface area contributed by atoms with Gasteiger partial charge in [0.25, 0.3) is 0 Å². The lowest BCUT2D eigenvalue weighted by Crippen LogP contribution is -2.26. The van der Waals surface area contributed by atoms with Crippen LogP contribution >= 0.6 is 0 Å². The van der Waals surface area contributed by atoms with Crippen molar-refractivity contribution in [2.75, 3.05) is 20.3 Å². The topological polar surface area (TPSA) is 52.6 Å². The molecule has 2 bridgehead atoms. The molecule has 0 aromatic heterocycles. The Labute approximate surface area is 155 Å². The van der Waals surface area contributed by atoms with Gasteiger partial charge in [-0.25, -0.2) is 4.79 Å². The summed E-state index contributed by atoms with van der Waals surface area (Å²) in [5, 5.41) is 0. The molecule has 3 aliphatic carbocycles. The van der Waals surface area contributed by atoms with Crippen LogP contribution in [-0.2, 0) is 9.47 Å². The first kappa shape index (κ1) is 17.7. The molecule has 6 unspecified atom stereocenters. The maximum Gasteiger partial charge on any atom is 0.338 e. The van der Waals surface area contributed by atoms with Gasteiger partial charge in [0.05, 0.1) is 12.2 Å². The Morgan fingerprint density at radius 2 is 1.62 bits per heavy atom. The van der Waals surface area contributed by atoms with E-state index < -0.39 is 0 Å². The highest BCUT2D eigenvalue weighted by atomic mass is 16.5. The van der Waals surface area contributed by atoms with Crippen molar-refractivity contribution in [1.29, 1.82) is 0 Å². The number of fused-ring (bicyclic) bond motifs is 5. The maximum atomic E-state index is 12.3. The minimum absolute atomic E-state index is 0.00354. The number of esters is 1. The van der Waals surface area contributed by atoms with Gasteiger partial charge in [-0.2, -0.15) is 0 Å². The summed E-state index contributed by atoms with van der Waals surface area (Å²) in [6.07, 6.45) is 5.12. The van der Waals surface area contributed by atoms with E-state index in [1.54, 1.807) is 24.3 Å². The lowest BCUT2D eigenvalue weighted by atomic mass is 9.76. The summed E-state index contributed by atoms with van der Waals surface area (Å²) in [7, 11) is 1.81. The van der Waals surface area contributed by atoms with Crippen molar-refractivity contribution in [3.8, 4) is 0 Å². The molecule has 4 nitrogen and oxygen atoms in total. The second-order valence-electron chi connectivity index (χ2n) is 8.51. The number of methoxy groups -OCH3 is 1. The molecule has 0 amide bonds. The predicted molar refractivity (Wildman–Crippen MR) is 98.0 cm³/mol. The standard InChI is InChI=1S/C22H28O4/c1-13(23)15-3-5-16(6-4-15)22(24)26-11-14-7-19-17-9-18(12-25-2)20(10-17)21(19)8-14/h3-6,14,17-21H,7-12H2,1-2H3. The van der Waals surface area contributed by atoms with Gasteiger partial charge in [-0.15, -0.1) is 0 Å². The Balaban J connectivity index is 1.30. The zero-order valence-corrected chi connectivity index (χ0v) is 15.6. The van der Waals surface area contributed by atoms with E-state index in [1.165, 1.54) is 32.6 Å². The van der Waals surface area contributed by atoms with Gasteiger partial charge in [-0.05, 0) is 80.2 Å². The van der Waals surface area contributed by atoms with E-state index in [0.717, 1.165) is 36.2 Å². The predicted octanol–water partition coefficient (Wildman–Crippen LogP) is 3.99. The van der Waals surface area contributed by atoms with Crippen molar-refractivity contribution in [2.45, 2.75) is 32.6 Å². The van der Waals surface area contributed by atoms with E-state index in [-0.39, 0.29) is 11.8 Å². The highest BCUT2D eigenvalue weighted by molar-refractivity contribution is 5.96. The highest BCUT2D eigenvalue weighted by Crippen LogP contribution is 2.62. The molecule has 3 aliphatic rings. The Morgan fingerprint density at radius 3 is 2.31 bits per heavy atom. The third-order valence-electron chi connectivity index (χ3n) is 7.06. The normalized spacial score (nSPS) is 34.7. The molecule has 0 aliphatic heterocycles. The van der Waals surface area contributed by atoms with Crippen LogP contribution in [0.5, 0.6) is 0 Å². The molecule has 0 heterocycles. The van der Waals surface area contributed by atoms with E-state index in [4.69, 9.17) is 9.47 Å². The van der Waals surface area contributed by atoms with Gasteiger partial charge in [0.2, 0.25) is 0 Å². The Kier molecular flexibility index (Phi) is 4.87. The summed E-state index contributed by atoms with van der Waals surface area (Å²) in [4.78, 5) is 23.6. The fourth-order valence-corrected chi connectivity index (χ4v) is 5.99. The number of hydrogen-bond acceptors (Lipinski definition) is 4. The van der Waals surface area contributed by atoms with Crippen molar-refractivity contribution >= 4 is 11.8 Å². The van der Waals surface area contributed by atoms with Crippen LogP contribution in [0.3, 0.4) is 0 Å². The summed E-state index contributed by atoms with van der Waals surface area (Å²) in [6, 6.07) is 6.73. The second-order valence-corrected chi connectivity index (χ2v) is 8.51. The van der Waals surface area contributed by atoms with Gasteiger partial charge in [0.1, 0.15) is 0 Å². The Morgan fingerprint density at radius 1 is 0.923 bits per heavy atom. The van der Waals surface area contributed by atoms with E-state index in [9.17, 15) is 9.59 Å². The van der Waals surface area contributed by atoms with Crippen LogP contribution < -0.4 is 0 Å². The average Bonchev–Trinajstić information content (AvgIpc) is 3.31. The van der Waals surface area contributed by atoms with Crippen LogP contribution in [0.25, 0.3) is 0 Å². The first-order chi connectivity index (χ1) is 12.6. The summed E-state index contributed by atoms with van der Waals surface area (Å²) in [5.74, 6) is 4.31. The smallest absolute Gasteiger partial charge is 0.338 e. The molecule has 1 aromatic rings. The molecular formula is C22H28O4. The van der Waals surface area contributed by atoms with Crippen LogP contribution in [0.1, 0.15) is 53.3 Å². The minimum Gasteiger partial charge on any atom is -0.462 e. The molecule has 4 heteroatoms. The number of ketones is 1. The van der Waals surface area contributed by atoms with Gasteiger partial charge >= 0.3 is 5.97 Å². The van der Waals surface area contributed by atoms with E-state index >= 15 is 0 Å². The first-order valence-corrected chi connectivity index (χ1v) is 9.84. The third-order valence-corrected chi connectivity index (χ3v) is 7.06. The molecule has 4 rings (SSSR count). The highest BCUT2D eigenvalue weighted by Gasteiger charge is 2.55. The van der Waals surface area contributed by atoms with Gasteiger partial charge in [-0.3, -0.25) is 4.79 Å². The van der Waals surface area contributed by atoms with Crippen LogP contribution in [0, 0.1) is 35.5 Å². The summed E-state index contributed by atoms with van der Waals surface area (Å²) in [5.41, 5.74) is 1.14. The molecule has 1 aromatic carbocycles. The molecule has 0 spiro atoms.